The molecule has 1 saturated carbocycles. The summed E-state index contributed by atoms with van der Waals surface area (Å²) in [6.45, 7) is 0.292. The van der Waals surface area contributed by atoms with Gasteiger partial charge in [0.25, 0.3) is 0 Å². The molecular weight excluding hydrogens is 420 g/mol. The Morgan fingerprint density at radius 1 is 1.03 bits per heavy atom. The monoisotopic (exact) mass is 450 g/mol. The number of ether oxygens (including phenoxy) is 2. The van der Waals surface area contributed by atoms with E-state index < -0.39 is 6.10 Å². The predicted octanol–water partition coefficient (Wildman–Crippen LogP) is 3.13. The van der Waals surface area contributed by atoms with Gasteiger partial charge in [0.2, 0.25) is 11.8 Å². The van der Waals surface area contributed by atoms with E-state index in [2.05, 4.69) is 10.6 Å². The Morgan fingerprint density at radius 3 is 2.61 bits per heavy atom. The van der Waals surface area contributed by atoms with Crippen LogP contribution in [0.25, 0.3) is 0 Å². The molecule has 0 spiro atoms. The van der Waals surface area contributed by atoms with Gasteiger partial charge in [0.1, 0.15) is 18.0 Å². The van der Waals surface area contributed by atoms with Crippen molar-refractivity contribution in [2.75, 3.05) is 11.9 Å². The van der Waals surface area contributed by atoms with Gasteiger partial charge in [-0.3, -0.25) is 9.59 Å². The molecule has 7 heteroatoms. The predicted molar refractivity (Wildman–Crippen MR) is 123 cm³/mol. The summed E-state index contributed by atoms with van der Waals surface area (Å²) in [5.41, 5.74) is 2.80. The largest absolute Gasteiger partial charge is 0.487 e. The molecule has 4 atom stereocenters. The van der Waals surface area contributed by atoms with Crippen molar-refractivity contribution >= 4 is 17.5 Å². The second-order valence-corrected chi connectivity index (χ2v) is 9.32. The van der Waals surface area contributed by atoms with E-state index in [9.17, 15) is 14.7 Å². The fourth-order valence-electron chi connectivity index (χ4n) is 4.84. The first-order valence-corrected chi connectivity index (χ1v) is 11.8. The van der Waals surface area contributed by atoms with Crippen molar-refractivity contribution in [3.8, 4) is 5.75 Å². The molecule has 2 fully saturated rings. The van der Waals surface area contributed by atoms with Crippen molar-refractivity contribution in [2.45, 2.75) is 62.9 Å². The van der Waals surface area contributed by atoms with E-state index >= 15 is 0 Å². The number of amides is 2. The van der Waals surface area contributed by atoms with Crippen LogP contribution in [0.3, 0.4) is 0 Å². The lowest BCUT2D eigenvalue weighted by molar-refractivity contribution is -0.142. The normalized spacial score (nSPS) is 25.5. The van der Waals surface area contributed by atoms with Gasteiger partial charge in [-0.05, 0) is 48.9 Å². The van der Waals surface area contributed by atoms with E-state index in [0.717, 1.165) is 35.4 Å². The molecule has 2 aromatic carbocycles. The van der Waals surface area contributed by atoms with Crippen molar-refractivity contribution in [2.24, 2.45) is 5.92 Å². The molecular formula is C26H30N2O5. The number of carbonyl (C=O) groups excluding carboxylic acids is 2. The van der Waals surface area contributed by atoms with Crippen LogP contribution in [-0.2, 0) is 20.9 Å². The number of hydrogen-bond donors (Lipinski definition) is 3. The van der Waals surface area contributed by atoms with Crippen molar-refractivity contribution in [3.05, 3.63) is 59.7 Å². The summed E-state index contributed by atoms with van der Waals surface area (Å²) in [5, 5.41) is 15.9. The van der Waals surface area contributed by atoms with E-state index in [1.54, 1.807) is 0 Å². The highest BCUT2D eigenvalue weighted by atomic mass is 16.6. The van der Waals surface area contributed by atoms with Gasteiger partial charge in [-0.15, -0.1) is 0 Å². The minimum atomic E-state index is -0.504. The van der Waals surface area contributed by atoms with Crippen molar-refractivity contribution in [3.63, 3.8) is 0 Å². The highest BCUT2D eigenvalue weighted by Crippen LogP contribution is 2.47. The Hall–Kier alpha value is -2.90. The van der Waals surface area contributed by atoms with Gasteiger partial charge in [0.15, 0.2) is 0 Å². The molecule has 174 valence electrons. The van der Waals surface area contributed by atoms with Gasteiger partial charge in [-0.25, -0.2) is 0 Å². The quantitative estimate of drug-likeness (QED) is 0.574. The van der Waals surface area contributed by atoms with Gasteiger partial charge in [0.05, 0.1) is 19.1 Å². The first-order valence-electron chi connectivity index (χ1n) is 11.8. The maximum Gasteiger partial charge on any atom is 0.224 e. The molecule has 0 unspecified atom stereocenters. The topological polar surface area (TPSA) is 96.9 Å². The standard InChI is InChI=1S/C26H30N2O5/c29-15-23-26-21(12-19(32-23)13-24(30)27-14-17-4-2-1-3-5-17)20-11-18(8-9-22(20)33-26)28-25(31)10-16-6-7-16/h1-5,8-9,11,16,19,21,23,26,29H,6-7,10,12-15H2,(H,27,30)(H,28,31)/t19-,21+,23-,26-/m1/s1. The number of anilines is 1. The van der Waals surface area contributed by atoms with Crippen LogP contribution in [0.1, 0.15) is 49.1 Å². The zero-order valence-electron chi connectivity index (χ0n) is 18.5. The maximum absolute atomic E-state index is 12.6. The molecule has 33 heavy (non-hydrogen) atoms. The first kappa shape index (κ1) is 21.9. The summed E-state index contributed by atoms with van der Waals surface area (Å²) in [5.74, 6) is 1.24. The van der Waals surface area contributed by atoms with Crippen LogP contribution < -0.4 is 15.4 Å². The Balaban J connectivity index is 1.24. The first-order chi connectivity index (χ1) is 16.1. The van der Waals surface area contributed by atoms with Crippen LogP contribution in [0, 0.1) is 5.92 Å². The molecule has 2 amide bonds. The van der Waals surface area contributed by atoms with E-state index in [1.165, 1.54) is 0 Å². The Kier molecular flexibility index (Phi) is 6.33. The van der Waals surface area contributed by atoms with Gasteiger partial charge in [-0.1, -0.05) is 30.3 Å². The van der Waals surface area contributed by atoms with E-state index in [1.807, 2.05) is 48.5 Å². The zero-order valence-corrected chi connectivity index (χ0v) is 18.5. The van der Waals surface area contributed by atoms with Crippen LogP contribution in [0.4, 0.5) is 5.69 Å². The van der Waals surface area contributed by atoms with Gasteiger partial charge >= 0.3 is 0 Å². The lowest BCUT2D eigenvalue weighted by Gasteiger charge is -2.37. The lowest BCUT2D eigenvalue weighted by atomic mass is 9.84. The van der Waals surface area contributed by atoms with Gasteiger partial charge in [0, 0.05) is 30.1 Å². The van der Waals surface area contributed by atoms with Crippen molar-refractivity contribution in [1.29, 1.82) is 0 Å². The summed E-state index contributed by atoms with van der Waals surface area (Å²) in [6, 6.07) is 15.5. The molecule has 2 aliphatic heterocycles. The summed E-state index contributed by atoms with van der Waals surface area (Å²) in [6.07, 6.45) is 2.56. The number of aliphatic hydroxyl groups is 1. The molecule has 1 saturated heterocycles. The van der Waals surface area contributed by atoms with Crippen LogP contribution in [-0.4, -0.2) is 41.8 Å². The molecule has 0 radical (unpaired) electrons. The molecule has 2 aromatic rings. The van der Waals surface area contributed by atoms with Crippen LogP contribution in [0.5, 0.6) is 5.75 Å². The summed E-state index contributed by atoms with van der Waals surface area (Å²) < 4.78 is 12.2. The number of carbonyl (C=O) groups is 2. The SMILES string of the molecule is O=C(C[C@H]1C[C@H]2c3cc(NC(=O)CC4CC4)ccc3O[C@H]2[C@@H](CO)O1)NCc1ccccc1. The summed E-state index contributed by atoms with van der Waals surface area (Å²) in [7, 11) is 0. The summed E-state index contributed by atoms with van der Waals surface area (Å²) in [4.78, 5) is 24.8. The molecule has 2 heterocycles. The third-order valence-electron chi connectivity index (χ3n) is 6.70. The number of rotatable bonds is 8. The van der Waals surface area contributed by atoms with E-state index in [0.29, 0.717) is 25.3 Å². The highest BCUT2D eigenvalue weighted by molar-refractivity contribution is 5.91. The van der Waals surface area contributed by atoms with Crippen LogP contribution >= 0.6 is 0 Å². The summed E-state index contributed by atoms with van der Waals surface area (Å²) >= 11 is 0. The molecule has 3 N–H and O–H groups in total. The Morgan fingerprint density at radius 2 is 1.85 bits per heavy atom. The van der Waals surface area contributed by atoms with Crippen molar-refractivity contribution < 1.29 is 24.2 Å². The minimum absolute atomic E-state index is 0.00175. The minimum Gasteiger partial charge on any atom is -0.487 e. The van der Waals surface area contributed by atoms with E-state index in [-0.39, 0.29) is 43.0 Å². The molecule has 5 rings (SSSR count). The fourth-order valence-corrected chi connectivity index (χ4v) is 4.84. The third-order valence-corrected chi connectivity index (χ3v) is 6.70. The highest BCUT2D eigenvalue weighted by Gasteiger charge is 2.46. The molecule has 0 bridgehead atoms. The van der Waals surface area contributed by atoms with Crippen LogP contribution in [0.15, 0.2) is 48.5 Å². The van der Waals surface area contributed by atoms with Gasteiger partial charge < -0.3 is 25.2 Å². The molecule has 1 aliphatic carbocycles. The molecule has 3 aliphatic rings. The average molecular weight is 451 g/mol. The second-order valence-electron chi connectivity index (χ2n) is 9.32. The average Bonchev–Trinajstić information content (AvgIpc) is 3.56. The number of benzene rings is 2. The second kappa shape index (κ2) is 9.53. The Bertz CT molecular complexity index is 1010. The number of hydrogen-bond acceptors (Lipinski definition) is 5. The third kappa shape index (κ3) is 5.20. The van der Waals surface area contributed by atoms with E-state index in [4.69, 9.17) is 9.47 Å². The fraction of sp³-hybridized carbons (Fsp3) is 0.462. The smallest absolute Gasteiger partial charge is 0.224 e. The molecule has 0 aromatic heterocycles. The van der Waals surface area contributed by atoms with Gasteiger partial charge in [-0.2, -0.15) is 0 Å². The Labute approximate surface area is 193 Å². The number of aliphatic hydroxyl groups excluding tert-OH is 1. The lowest BCUT2D eigenvalue weighted by Crippen LogP contribution is -2.47. The number of nitrogens with one attached hydrogen (secondary N) is 2. The maximum atomic E-state index is 12.6. The van der Waals surface area contributed by atoms with Crippen molar-refractivity contribution in [1.82, 2.24) is 5.32 Å². The molecule has 7 nitrogen and oxygen atoms in total. The number of fused-ring (bicyclic) bond motifs is 3. The zero-order chi connectivity index (χ0) is 22.8. The van der Waals surface area contributed by atoms with Crippen LogP contribution in [0.2, 0.25) is 0 Å².